The molecule has 0 radical (unpaired) electrons. The molecule has 2 unspecified atom stereocenters. The smallest absolute Gasteiger partial charge is 0.347 e. The molecule has 0 heterocycles. The summed E-state index contributed by atoms with van der Waals surface area (Å²) in [5.41, 5.74) is 0. The van der Waals surface area contributed by atoms with E-state index in [2.05, 4.69) is 6.58 Å². The normalized spacial score (nSPS) is 13.0. The number of ether oxygens (including phenoxy) is 3. The Morgan fingerprint density at radius 3 is 2.36 bits per heavy atom. The molecule has 0 aliphatic rings. The third-order valence-corrected chi connectivity index (χ3v) is 2.96. The quantitative estimate of drug-likeness (QED) is 0.312. The van der Waals surface area contributed by atoms with Gasteiger partial charge in [-0.05, 0) is 26.7 Å². The second-order valence-corrected chi connectivity index (χ2v) is 5.00. The number of carbonyl (C=O) groups excluding carboxylic acids is 3. The predicted molar refractivity (Wildman–Crippen MR) is 81.3 cm³/mol. The number of hydrogen-bond acceptors (Lipinski definition) is 6. The number of rotatable bonds is 12. The number of hydrogen-bond donors (Lipinski definition) is 0. The van der Waals surface area contributed by atoms with Gasteiger partial charge in [0.05, 0.1) is 0 Å². The van der Waals surface area contributed by atoms with Crippen LogP contribution in [0, 0.1) is 0 Å². The van der Waals surface area contributed by atoms with Crippen LogP contribution in [0.1, 0.15) is 46.0 Å². The van der Waals surface area contributed by atoms with Crippen molar-refractivity contribution in [3.8, 4) is 0 Å². The van der Waals surface area contributed by atoms with E-state index in [0.717, 1.165) is 12.8 Å². The first-order chi connectivity index (χ1) is 10.4. The molecule has 0 aromatic heterocycles. The lowest BCUT2D eigenvalue weighted by Gasteiger charge is -2.17. The summed E-state index contributed by atoms with van der Waals surface area (Å²) in [6.07, 6.45) is 2.48. The van der Waals surface area contributed by atoms with Gasteiger partial charge in [-0.15, -0.1) is 6.58 Å². The fourth-order valence-corrected chi connectivity index (χ4v) is 1.68. The number of Topliss-reactive ketones (excluding diaryl/α,β-unsaturated/α-hetero) is 1. The Morgan fingerprint density at radius 2 is 1.82 bits per heavy atom. The van der Waals surface area contributed by atoms with Crippen LogP contribution in [0.25, 0.3) is 0 Å². The van der Waals surface area contributed by atoms with Crippen molar-refractivity contribution in [2.45, 2.75) is 58.2 Å². The van der Waals surface area contributed by atoms with Gasteiger partial charge in [-0.3, -0.25) is 9.59 Å². The van der Waals surface area contributed by atoms with E-state index in [1.807, 2.05) is 0 Å². The van der Waals surface area contributed by atoms with Crippen LogP contribution >= 0.6 is 0 Å². The molecule has 0 rings (SSSR count). The van der Waals surface area contributed by atoms with Crippen molar-refractivity contribution in [3.05, 3.63) is 12.7 Å². The van der Waals surface area contributed by atoms with Crippen molar-refractivity contribution in [1.82, 2.24) is 0 Å². The van der Waals surface area contributed by atoms with Crippen molar-refractivity contribution in [2.75, 3.05) is 13.7 Å². The minimum Gasteiger partial charge on any atom is -0.451 e. The minimum absolute atomic E-state index is 0.237. The number of unbranched alkanes of at least 4 members (excludes halogenated alkanes) is 2. The van der Waals surface area contributed by atoms with Gasteiger partial charge in [-0.1, -0.05) is 12.5 Å². The van der Waals surface area contributed by atoms with Crippen molar-refractivity contribution in [3.63, 3.8) is 0 Å². The van der Waals surface area contributed by atoms with Crippen LogP contribution in [0.2, 0.25) is 0 Å². The highest BCUT2D eigenvalue weighted by molar-refractivity contribution is 5.85. The summed E-state index contributed by atoms with van der Waals surface area (Å²) in [6, 6.07) is 0. The molecule has 6 heteroatoms. The van der Waals surface area contributed by atoms with Crippen LogP contribution in [0.4, 0.5) is 0 Å². The molecule has 0 saturated carbocycles. The largest absolute Gasteiger partial charge is 0.451 e. The molecular formula is C16H26O6. The van der Waals surface area contributed by atoms with Gasteiger partial charge in [0.25, 0.3) is 0 Å². The summed E-state index contributed by atoms with van der Waals surface area (Å²) >= 11 is 0. The third kappa shape index (κ3) is 9.28. The van der Waals surface area contributed by atoms with Crippen molar-refractivity contribution < 1.29 is 28.6 Å². The van der Waals surface area contributed by atoms with Crippen LogP contribution in [-0.4, -0.2) is 43.6 Å². The molecule has 22 heavy (non-hydrogen) atoms. The lowest BCUT2D eigenvalue weighted by Crippen LogP contribution is -2.32. The first-order valence-corrected chi connectivity index (χ1v) is 7.42. The van der Waals surface area contributed by atoms with Gasteiger partial charge in [0.1, 0.15) is 0 Å². The summed E-state index contributed by atoms with van der Waals surface area (Å²) in [5.74, 6) is -1.45. The number of esters is 2. The maximum atomic E-state index is 11.8. The van der Waals surface area contributed by atoms with Gasteiger partial charge < -0.3 is 14.2 Å². The highest BCUT2D eigenvalue weighted by Crippen LogP contribution is 2.07. The van der Waals surface area contributed by atoms with E-state index in [1.54, 1.807) is 7.11 Å². The highest BCUT2D eigenvalue weighted by Gasteiger charge is 2.24. The molecule has 0 spiro atoms. The molecular weight excluding hydrogens is 288 g/mol. The number of ketones is 1. The Morgan fingerprint density at radius 1 is 1.14 bits per heavy atom. The van der Waals surface area contributed by atoms with E-state index in [0.29, 0.717) is 13.0 Å². The summed E-state index contributed by atoms with van der Waals surface area (Å²) < 4.78 is 14.9. The monoisotopic (exact) mass is 314 g/mol. The van der Waals surface area contributed by atoms with Gasteiger partial charge in [-0.2, -0.15) is 0 Å². The van der Waals surface area contributed by atoms with Crippen LogP contribution in [0.15, 0.2) is 12.7 Å². The molecule has 0 saturated heterocycles. The average Bonchev–Trinajstić information content (AvgIpc) is 2.46. The molecule has 0 fully saturated rings. The first kappa shape index (κ1) is 20.3. The maximum absolute atomic E-state index is 11.8. The van der Waals surface area contributed by atoms with Crippen molar-refractivity contribution in [1.29, 1.82) is 0 Å². The molecule has 0 aliphatic carbocycles. The summed E-state index contributed by atoms with van der Waals surface area (Å²) in [5, 5.41) is 0. The SMILES string of the molecule is C=CCC(OC(=O)C(C)OC(=O)CCCCCOC)C(C)=O. The van der Waals surface area contributed by atoms with Crippen LogP contribution in [0.3, 0.4) is 0 Å². The zero-order valence-electron chi connectivity index (χ0n) is 13.6. The van der Waals surface area contributed by atoms with Crippen molar-refractivity contribution in [2.24, 2.45) is 0 Å². The van der Waals surface area contributed by atoms with E-state index in [4.69, 9.17) is 14.2 Å². The maximum Gasteiger partial charge on any atom is 0.347 e. The van der Waals surface area contributed by atoms with Gasteiger partial charge in [0.15, 0.2) is 18.0 Å². The molecule has 0 bridgehead atoms. The average molecular weight is 314 g/mol. The van der Waals surface area contributed by atoms with E-state index in [1.165, 1.54) is 19.9 Å². The predicted octanol–water partition coefficient (Wildman–Crippen LogP) is 2.20. The first-order valence-electron chi connectivity index (χ1n) is 7.42. The molecule has 2 atom stereocenters. The molecule has 0 aliphatic heterocycles. The Balaban J connectivity index is 4.09. The molecule has 6 nitrogen and oxygen atoms in total. The molecule has 0 amide bonds. The molecule has 126 valence electrons. The Bertz CT molecular complexity index is 377. The zero-order valence-corrected chi connectivity index (χ0v) is 13.6. The molecule has 0 aromatic carbocycles. The Labute approximate surface area is 131 Å². The van der Waals surface area contributed by atoms with Gasteiger partial charge in [0.2, 0.25) is 0 Å². The van der Waals surface area contributed by atoms with E-state index in [-0.39, 0.29) is 18.6 Å². The third-order valence-electron chi connectivity index (χ3n) is 2.96. The Kier molecular flexibility index (Phi) is 11.0. The minimum atomic E-state index is -1.03. The van der Waals surface area contributed by atoms with Crippen LogP contribution in [0.5, 0.6) is 0 Å². The second kappa shape index (κ2) is 11.9. The zero-order chi connectivity index (χ0) is 17.0. The Hall–Kier alpha value is -1.69. The van der Waals surface area contributed by atoms with Crippen LogP contribution in [-0.2, 0) is 28.6 Å². The van der Waals surface area contributed by atoms with E-state index in [9.17, 15) is 14.4 Å². The fourth-order valence-electron chi connectivity index (χ4n) is 1.68. The van der Waals surface area contributed by atoms with Gasteiger partial charge >= 0.3 is 11.9 Å². The van der Waals surface area contributed by atoms with E-state index < -0.39 is 24.1 Å². The standard InChI is InChI=1S/C16H26O6/c1-5-9-14(12(2)17)22-16(19)13(3)21-15(18)10-7-6-8-11-20-4/h5,13-14H,1,6-11H2,2-4H3. The molecule has 0 N–H and O–H groups in total. The topological polar surface area (TPSA) is 78.9 Å². The van der Waals surface area contributed by atoms with Gasteiger partial charge in [-0.25, -0.2) is 4.79 Å². The summed E-state index contributed by atoms with van der Waals surface area (Å²) in [6.45, 7) is 6.92. The lowest BCUT2D eigenvalue weighted by molar-refractivity contribution is -0.171. The number of methoxy groups -OCH3 is 1. The molecule has 0 aromatic rings. The fraction of sp³-hybridized carbons (Fsp3) is 0.688. The lowest BCUT2D eigenvalue weighted by atomic mass is 10.2. The summed E-state index contributed by atoms with van der Waals surface area (Å²) in [4.78, 5) is 34.7. The van der Waals surface area contributed by atoms with Crippen LogP contribution < -0.4 is 0 Å². The van der Waals surface area contributed by atoms with Gasteiger partial charge in [0, 0.05) is 26.6 Å². The highest BCUT2D eigenvalue weighted by atomic mass is 16.6. The summed E-state index contributed by atoms with van der Waals surface area (Å²) in [7, 11) is 1.63. The number of carbonyl (C=O) groups is 3. The second-order valence-electron chi connectivity index (χ2n) is 5.00. The van der Waals surface area contributed by atoms with E-state index >= 15 is 0 Å². The van der Waals surface area contributed by atoms with Crippen molar-refractivity contribution >= 4 is 17.7 Å².